The smallest absolute Gasteiger partial charge is 0.125 e. The van der Waals surface area contributed by atoms with Gasteiger partial charge in [-0.2, -0.15) is 0 Å². The molecule has 19 heavy (non-hydrogen) atoms. The van der Waals surface area contributed by atoms with Gasteiger partial charge in [-0.1, -0.05) is 60.9 Å². The van der Waals surface area contributed by atoms with E-state index < -0.39 is 0 Å². The van der Waals surface area contributed by atoms with E-state index in [4.69, 9.17) is 4.98 Å². The molecule has 1 saturated carbocycles. The normalized spacial score (nSPS) is 16.5. The number of hydrogen-bond acceptors (Lipinski definition) is 3. The van der Waals surface area contributed by atoms with Gasteiger partial charge >= 0.3 is 0 Å². The Morgan fingerprint density at radius 1 is 1.11 bits per heavy atom. The summed E-state index contributed by atoms with van der Waals surface area (Å²) >= 11 is 1.78. The lowest BCUT2D eigenvalue weighted by Crippen LogP contribution is -2.06. The van der Waals surface area contributed by atoms with Gasteiger partial charge in [0.25, 0.3) is 0 Å². The van der Waals surface area contributed by atoms with Crippen molar-refractivity contribution < 1.29 is 0 Å². The van der Waals surface area contributed by atoms with E-state index in [-0.39, 0.29) is 0 Å². The van der Waals surface area contributed by atoms with Gasteiger partial charge < -0.3 is 5.32 Å². The van der Waals surface area contributed by atoms with E-state index in [0.717, 1.165) is 5.01 Å². The average molecular weight is 272 g/mol. The molecule has 0 atom stereocenters. The highest BCUT2D eigenvalue weighted by atomic mass is 32.1. The molecule has 1 aromatic heterocycles. The summed E-state index contributed by atoms with van der Waals surface area (Å²) in [6.07, 6.45) is 6.69. The van der Waals surface area contributed by atoms with Gasteiger partial charge in [0, 0.05) is 18.5 Å². The Morgan fingerprint density at radius 3 is 2.53 bits per heavy atom. The maximum absolute atomic E-state index is 4.93. The number of nitrogens with one attached hydrogen (secondary N) is 1. The van der Waals surface area contributed by atoms with E-state index in [2.05, 4.69) is 35.6 Å². The minimum Gasteiger partial charge on any atom is -0.378 e. The summed E-state index contributed by atoms with van der Waals surface area (Å²) in [7, 11) is 2.01. The molecule has 2 nitrogen and oxygen atoms in total. The highest BCUT2D eigenvalue weighted by Gasteiger charge is 2.22. The van der Waals surface area contributed by atoms with Gasteiger partial charge in [-0.05, 0) is 12.8 Å². The second-order valence-electron chi connectivity index (χ2n) is 5.18. The number of aromatic nitrogens is 1. The van der Waals surface area contributed by atoms with Crippen molar-refractivity contribution in [1.29, 1.82) is 0 Å². The summed E-state index contributed by atoms with van der Waals surface area (Å²) in [5, 5.41) is 5.74. The maximum Gasteiger partial charge on any atom is 0.125 e. The highest BCUT2D eigenvalue weighted by molar-refractivity contribution is 7.19. The maximum atomic E-state index is 4.93. The van der Waals surface area contributed by atoms with Crippen LogP contribution in [0.5, 0.6) is 0 Å². The molecule has 0 saturated heterocycles. The minimum absolute atomic E-state index is 0.657. The van der Waals surface area contributed by atoms with E-state index in [1.165, 1.54) is 48.4 Å². The Kier molecular flexibility index (Phi) is 3.83. The first-order valence-electron chi connectivity index (χ1n) is 7.12. The van der Waals surface area contributed by atoms with E-state index in [0.29, 0.717) is 5.92 Å². The van der Waals surface area contributed by atoms with Crippen LogP contribution in [-0.2, 0) is 0 Å². The Bertz CT molecular complexity index is 527. The SMILES string of the molecule is CNc1sc(-c2ccccc2)nc1C1CCCCC1. The summed E-state index contributed by atoms with van der Waals surface area (Å²) in [4.78, 5) is 4.93. The monoisotopic (exact) mass is 272 g/mol. The molecule has 0 aliphatic heterocycles. The van der Waals surface area contributed by atoms with Gasteiger partial charge in [0.15, 0.2) is 0 Å². The van der Waals surface area contributed by atoms with Crippen LogP contribution in [0, 0.1) is 0 Å². The van der Waals surface area contributed by atoms with Crippen molar-refractivity contribution in [3.8, 4) is 10.6 Å². The number of rotatable bonds is 3. The lowest BCUT2D eigenvalue weighted by Gasteiger charge is -2.20. The lowest BCUT2D eigenvalue weighted by atomic mass is 9.87. The molecule has 1 fully saturated rings. The Hall–Kier alpha value is -1.35. The van der Waals surface area contributed by atoms with E-state index >= 15 is 0 Å². The van der Waals surface area contributed by atoms with Gasteiger partial charge in [-0.3, -0.25) is 0 Å². The summed E-state index contributed by atoms with van der Waals surface area (Å²) in [6, 6.07) is 10.5. The van der Waals surface area contributed by atoms with E-state index in [9.17, 15) is 0 Å². The average Bonchev–Trinajstić information content (AvgIpc) is 2.93. The van der Waals surface area contributed by atoms with Crippen LogP contribution in [0.4, 0.5) is 5.00 Å². The summed E-state index contributed by atoms with van der Waals surface area (Å²) < 4.78 is 0. The van der Waals surface area contributed by atoms with Gasteiger partial charge in [0.05, 0.1) is 5.69 Å². The summed E-state index contributed by atoms with van der Waals surface area (Å²) in [5.74, 6) is 0.657. The number of benzene rings is 1. The van der Waals surface area contributed by atoms with E-state index in [1.54, 1.807) is 11.3 Å². The number of thiazole rings is 1. The van der Waals surface area contributed by atoms with Crippen molar-refractivity contribution in [3.05, 3.63) is 36.0 Å². The molecule has 0 amide bonds. The van der Waals surface area contributed by atoms with Crippen LogP contribution in [0.1, 0.15) is 43.7 Å². The van der Waals surface area contributed by atoms with Crippen molar-refractivity contribution in [3.63, 3.8) is 0 Å². The van der Waals surface area contributed by atoms with Crippen LogP contribution in [0.15, 0.2) is 30.3 Å². The molecular formula is C16H20N2S. The van der Waals surface area contributed by atoms with Gasteiger partial charge in [0.2, 0.25) is 0 Å². The quantitative estimate of drug-likeness (QED) is 0.859. The Balaban J connectivity index is 1.94. The zero-order valence-electron chi connectivity index (χ0n) is 11.4. The minimum atomic E-state index is 0.657. The van der Waals surface area contributed by atoms with Crippen LogP contribution >= 0.6 is 11.3 Å². The molecule has 100 valence electrons. The molecule has 1 heterocycles. The highest BCUT2D eigenvalue weighted by Crippen LogP contribution is 2.41. The zero-order valence-corrected chi connectivity index (χ0v) is 12.2. The summed E-state index contributed by atoms with van der Waals surface area (Å²) in [6.45, 7) is 0. The zero-order chi connectivity index (χ0) is 13.1. The van der Waals surface area contributed by atoms with Crippen molar-refractivity contribution in [2.45, 2.75) is 38.0 Å². The fourth-order valence-corrected chi connectivity index (χ4v) is 3.88. The van der Waals surface area contributed by atoms with Crippen LogP contribution < -0.4 is 5.32 Å². The molecule has 0 bridgehead atoms. The third-order valence-electron chi connectivity index (χ3n) is 3.89. The van der Waals surface area contributed by atoms with Crippen molar-refractivity contribution in [1.82, 2.24) is 4.98 Å². The largest absolute Gasteiger partial charge is 0.378 e. The van der Waals surface area contributed by atoms with Crippen molar-refractivity contribution >= 4 is 16.3 Å². The van der Waals surface area contributed by atoms with Crippen LogP contribution in [0.2, 0.25) is 0 Å². The van der Waals surface area contributed by atoms with Crippen molar-refractivity contribution in [2.24, 2.45) is 0 Å². The molecule has 1 aromatic carbocycles. The molecule has 1 N–H and O–H groups in total. The number of hydrogen-bond donors (Lipinski definition) is 1. The number of nitrogens with zero attached hydrogens (tertiary/aromatic N) is 1. The van der Waals surface area contributed by atoms with Gasteiger partial charge in [-0.15, -0.1) is 0 Å². The van der Waals surface area contributed by atoms with Gasteiger partial charge in [0.1, 0.15) is 10.0 Å². The topological polar surface area (TPSA) is 24.9 Å². The molecule has 2 aromatic rings. The van der Waals surface area contributed by atoms with Gasteiger partial charge in [-0.25, -0.2) is 4.98 Å². The first kappa shape index (κ1) is 12.7. The second-order valence-corrected chi connectivity index (χ2v) is 6.18. The molecule has 1 aliphatic rings. The molecule has 0 unspecified atom stereocenters. The fraction of sp³-hybridized carbons (Fsp3) is 0.438. The first-order chi connectivity index (χ1) is 9.38. The van der Waals surface area contributed by atoms with Crippen molar-refractivity contribution in [2.75, 3.05) is 12.4 Å². The predicted octanol–water partition coefficient (Wildman–Crippen LogP) is 4.90. The molecular weight excluding hydrogens is 252 g/mol. The third-order valence-corrected chi connectivity index (χ3v) is 5.03. The molecule has 3 heteroatoms. The Labute approximate surface area is 118 Å². The molecule has 3 rings (SSSR count). The van der Waals surface area contributed by atoms with Crippen LogP contribution in [-0.4, -0.2) is 12.0 Å². The third kappa shape index (κ3) is 2.66. The fourth-order valence-electron chi connectivity index (χ4n) is 2.87. The number of anilines is 1. The standard InChI is InChI=1S/C16H20N2S/c1-17-16-14(12-8-4-2-5-9-12)18-15(19-16)13-10-6-3-7-11-13/h3,6-7,10-12,17H,2,4-5,8-9H2,1H3. The summed E-state index contributed by atoms with van der Waals surface area (Å²) in [5.41, 5.74) is 2.53. The lowest BCUT2D eigenvalue weighted by molar-refractivity contribution is 0.439. The molecule has 1 aliphatic carbocycles. The molecule has 0 radical (unpaired) electrons. The van der Waals surface area contributed by atoms with Crippen LogP contribution in [0.3, 0.4) is 0 Å². The first-order valence-corrected chi connectivity index (χ1v) is 7.94. The predicted molar refractivity (Wildman–Crippen MR) is 82.9 cm³/mol. The van der Waals surface area contributed by atoms with Crippen LogP contribution in [0.25, 0.3) is 10.6 Å². The van der Waals surface area contributed by atoms with E-state index in [1.807, 2.05) is 7.05 Å². The Morgan fingerprint density at radius 2 is 1.84 bits per heavy atom. The molecule has 0 spiro atoms. The second kappa shape index (κ2) is 5.74.